The summed E-state index contributed by atoms with van der Waals surface area (Å²) in [4.78, 5) is 14.8. The molecule has 0 aromatic carbocycles. The Morgan fingerprint density at radius 1 is 1.05 bits per heavy atom. The van der Waals surface area contributed by atoms with Gasteiger partial charge in [-0.2, -0.15) is 0 Å². The Balaban J connectivity index is 1.96. The Morgan fingerprint density at radius 3 is 2.19 bits per heavy atom. The van der Waals surface area contributed by atoms with Crippen molar-refractivity contribution in [2.24, 2.45) is 5.92 Å². The van der Waals surface area contributed by atoms with Crippen molar-refractivity contribution in [2.75, 3.05) is 13.1 Å². The van der Waals surface area contributed by atoms with Crippen LogP contribution in [0, 0.1) is 5.92 Å². The van der Waals surface area contributed by atoms with E-state index in [4.69, 9.17) is 0 Å². The summed E-state index contributed by atoms with van der Waals surface area (Å²) in [5, 5.41) is 0. The van der Waals surface area contributed by atoms with Crippen molar-refractivity contribution < 1.29 is 4.79 Å². The summed E-state index contributed by atoms with van der Waals surface area (Å²) >= 11 is 3.70. The van der Waals surface area contributed by atoms with E-state index in [9.17, 15) is 4.79 Å². The molecule has 2 nitrogen and oxygen atoms in total. The summed E-state index contributed by atoms with van der Waals surface area (Å²) in [7, 11) is 0. The zero-order valence-corrected chi connectivity index (χ0v) is 15.7. The number of unbranched alkanes of at least 4 members (excludes halogenated alkanes) is 8. The van der Waals surface area contributed by atoms with Gasteiger partial charge in [-0.05, 0) is 18.8 Å². The molecule has 0 radical (unpaired) electrons. The number of amides is 1. The molecule has 1 aliphatic heterocycles. The normalized spacial score (nSPS) is 22.5. The molecular weight excluding hydrogens is 326 g/mol. The molecule has 1 heterocycles. The van der Waals surface area contributed by atoms with Crippen molar-refractivity contribution in [3.05, 3.63) is 0 Å². The molecule has 21 heavy (non-hydrogen) atoms. The van der Waals surface area contributed by atoms with Gasteiger partial charge in [-0.15, -0.1) is 0 Å². The Labute approximate surface area is 140 Å². The summed E-state index contributed by atoms with van der Waals surface area (Å²) in [5.74, 6) is 0.968. The third-order valence-electron chi connectivity index (χ3n) is 4.65. The quantitative estimate of drug-likeness (QED) is 0.370. The van der Waals surface area contributed by atoms with Crippen molar-refractivity contribution in [1.82, 2.24) is 4.90 Å². The van der Waals surface area contributed by atoms with Crippen LogP contribution in [-0.2, 0) is 4.79 Å². The maximum absolute atomic E-state index is 12.2. The highest BCUT2D eigenvalue weighted by molar-refractivity contribution is 9.09. The van der Waals surface area contributed by atoms with Crippen LogP contribution in [0.4, 0.5) is 0 Å². The number of hydrogen-bond acceptors (Lipinski definition) is 1. The first-order valence-electron chi connectivity index (χ1n) is 9.07. The standard InChI is InChI=1S/C18H34BrNO/c1-3-4-5-6-7-8-9-10-11-12-18(21)20-14-13-17(19)16(2)15-20/h16-17H,3-15H2,1-2H3. The third-order valence-corrected chi connectivity index (χ3v) is 6.01. The smallest absolute Gasteiger partial charge is 0.222 e. The fraction of sp³-hybridized carbons (Fsp3) is 0.944. The number of nitrogens with zero attached hydrogens (tertiary/aromatic N) is 1. The number of rotatable bonds is 10. The van der Waals surface area contributed by atoms with Crippen LogP contribution < -0.4 is 0 Å². The first kappa shape index (κ1) is 19.0. The molecule has 2 unspecified atom stereocenters. The van der Waals surface area contributed by atoms with Crippen LogP contribution in [-0.4, -0.2) is 28.7 Å². The monoisotopic (exact) mass is 359 g/mol. The Hall–Kier alpha value is -0.0500. The molecular formula is C18H34BrNO. The van der Waals surface area contributed by atoms with Crippen LogP contribution in [0.3, 0.4) is 0 Å². The maximum atomic E-state index is 12.2. The van der Waals surface area contributed by atoms with E-state index in [2.05, 4.69) is 34.7 Å². The number of likely N-dealkylation sites (tertiary alicyclic amines) is 1. The lowest BCUT2D eigenvalue weighted by Gasteiger charge is -2.34. The fourth-order valence-electron chi connectivity index (χ4n) is 3.09. The number of alkyl halides is 1. The highest BCUT2D eigenvalue weighted by atomic mass is 79.9. The largest absolute Gasteiger partial charge is 0.342 e. The summed E-state index contributed by atoms with van der Waals surface area (Å²) in [5.41, 5.74) is 0. The van der Waals surface area contributed by atoms with Gasteiger partial charge in [0.15, 0.2) is 0 Å². The van der Waals surface area contributed by atoms with E-state index < -0.39 is 0 Å². The number of piperidine rings is 1. The van der Waals surface area contributed by atoms with Crippen molar-refractivity contribution in [3.8, 4) is 0 Å². The molecule has 0 aromatic heterocycles. The lowest BCUT2D eigenvalue weighted by atomic mass is 9.99. The molecule has 2 atom stereocenters. The van der Waals surface area contributed by atoms with E-state index in [0.717, 1.165) is 32.4 Å². The molecule has 0 aromatic rings. The minimum Gasteiger partial charge on any atom is -0.342 e. The zero-order chi connectivity index (χ0) is 15.5. The summed E-state index contributed by atoms with van der Waals surface area (Å²) in [6.45, 7) is 6.37. The number of carbonyl (C=O) groups excluding carboxylic acids is 1. The second-order valence-corrected chi connectivity index (χ2v) is 7.88. The van der Waals surface area contributed by atoms with Gasteiger partial charge in [0.25, 0.3) is 0 Å². The molecule has 1 rings (SSSR count). The molecule has 0 N–H and O–H groups in total. The van der Waals surface area contributed by atoms with Crippen LogP contribution in [0.1, 0.15) is 84.5 Å². The van der Waals surface area contributed by atoms with Gasteiger partial charge in [-0.25, -0.2) is 0 Å². The lowest BCUT2D eigenvalue weighted by molar-refractivity contribution is -0.132. The number of halogens is 1. The molecule has 3 heteroatoms. The van der Waals surface area contributed by atoms with E-state index in [1.165, 1.54) is 51.4 Å². The molecule has 0 aliphatic carbocycles. The van der Waals surface area contributed by atoms with Crippen molar-refractivity contribution in [2.45, 2.75) is 89.3 Å². The van der Waals surface area contributed by atoms with Gasteiger partial charge in [-0.1, -0.05) is 81.1 Å². The fourth-order valence-corrected chi connectivity index (χ4v) is 3.46. The van der Waals surface area contributed by atoms with Crippen molar-refractivity contribution in [3.63, 3.8) is 0 Å². The molecule has 1 aliphatic rings. The Kier molecular flexibility index (Phi) is 10.4. The summed E-state index contributed by atoms with van der Waals surface area (Å²) in [6.07, 6.45) is 13.7. The minimum absolute atomic E-state index is 0.379. The first-order valence-corrected chi connectivity index (χ1v) is 9.98. The van der Waals surface area contributed by atoms with Crippen LogP contribution in [0.15, 0.2) is 0 Å². The molecule has 1 saturated heterocycles. The third kappa shape index (κ3) is 8.23. The molecule has 0 bridgehead atoms. The average Bonchev–Trinajstić information content (AvgIpc) is 2.48. The van der Waals surface area contributed by atoms with Gasteiger partial charge >= 0.3 is 0 Å². The van der Waals surface area contributed by atoms with Gasteiger partial charge in [0.1, 0.15) is 0 Å². The maximum Gasteiger partial charge on any atom is 0.222 e. The minimum atomic E-state index is 0.379. The zero-order valence-electron chi connectivity index (χ0n) is 14.1. The van der Waals surface area contributed by atoms with E-state index in [-0.39, 0.29) is 0 Å². The Bertz CT molecular complexity index is 282. The predicted molar refractivity (Wildman–Crippen MR) is 94.9 cm³/mol. The highest BCUT2D eigenvalue weighted by Gasteiger charge is 2.26. The van der Waals surface area contributed by atoms with Gasteiger partial charge in [0.05, 0.1) is 0 Å². The average molecular weight is 360 g/mol. The van der Waals surface area contributed by atoms with Crippen LogP contribution in [0.25, 0.3) is 0 Å². The molecule has 0 saturated carbocycles. The van der Waals surface area contributed by atoms with E-state index in [1.807, 2.05) is 0 Å². The van der Waals surface area contributed by atoms with Gasteiger partial charge in [0.2, 0.25) is 5.91 Å². The van der Waals surface area contributed by atoms with E-state index in [0.29, 0.717) is 16.7 Å². The molecule has 0 spiro atoms. The Morgan fingerprint density at radius 2 is 1.62 bits per heavy atom. The topological polar surface area (TPSA) is 20.3 Å². The summed E-state index contributed by atoms with van der Waals surface area (Å²) < 4.78 is 0. The molecule has 1 amide bonds. The van der Waals surface area contributed by atoms with Gasteiger partial charge in [0, 0.05) is 24.3 Å². The van der Waals surface area contributed by atoms with Gasteiger partial charge in [-0.3, -0.25) is 4.79 Å². The van der Waals surface area contributed by atoms with E-state index in [1.54, 1.807) is 0 Å². The predicted octanol–water partition coefficient (Wildman–Crippen LogP) is 5.54. The SMILES string of the molecule is CCCCCCCCCCCC(=O)N1CCC(Br)C(C)C1. The highest BCUT2D eigenvalue weighted by Crippen LogP contribution is 2.24. The van der Waals surface area contributed by atoms with Crippen LogP contribution in [0.5, 0.6) is 0 Å². The van der Waals surface area contributed by atoms with Crippen molar-refractivity contribution in [1.29, 1.82) is 0 Å². The first-order chi connectivity index (χ1) is 10.1. The van der Waals surface area contributed by atoms with Crippen LogP contribution >= 0.6 is 15.9 Å². The lowest BCUT2D eigenvalue weighted by Crippen LogP contribution is -2.43. The molecule has 1 fully saturated rings. The van der Waals surface area contributed by atoms with Crippen LogP contribution in [0.2, 0.25) is 0 Å². The van der Waals surface area contributed by atoms with E-state index >= 15 is 0 Å². The van der Waals surface area contributed by atoms with Crippen molar-refractivity contribution >= 4 is 21.8 Å². The molecule has 124 valence electrons. The van der Waals surface area contributed by atoms with Gasteiger partial charge < -0.3 is 4.90 Å². The summed E-state index contributed by atoms with van der Waals surface area (Å²) in [6, 6.07) is 0. The number of carbonyl (C=O) groups is 1. The number of hydrogen-bond donors (Lipinski definition) is 0. The second kappa shape index (κ2) is 11.5. The second-order valence-electron chi connectivity index (χ2n) is 6.70.